The Kier molecular flexibility index (Phi) is 5.43. The number of benzene rings is 1. The predicted octanol–water partition coefficient (Wildman–Crippen LogP) is 3.24. The highest BCUT2D eigenvalue weighted by atomic mass is 15.2. The lowest BCUT2D eigenvalue weighted by Crippen LogP contribution is -2.43. The van der Waals surface area contributed by atoms with Crippen LogP contribution in [0.25, 0.3) is 0 Å². The molecule has 0 heterocycles. The molecule has 0 amide bonds. The van der Waals surface area contributed by atoms with Crippen LogP contribution in [0.2, 0.25) is 0 Å². The summed E-state index contributed by atoms with van der Waals surface area (Å²) in [5.74, 6) is 0.926. The van der Waals surface area contributed by atoms with Gasteiger partial charge in [0, 0.05) is 18.0 Å². The largest absolute Gasteiger partial charge is 0.357 e. The summed E-state index contributed by atoms with van der Waals surface area (Å²) in [6.07, 6.45) is 6.64. The fraction of sp³-hybridized carbons (Fsp3) is 0.500. The Hall–Kier alpha value is -1.77. The Bertz CT molecular complexity index is 480. The van der Waals surface area contributed by atoms with Gasteiger partial charge in [-0.15, -0.1) is 0 Å². The van der Waals surface area contributed by atoms with Gasteiger partial charge in [-0.2, -0.15) is 0 Å². The second-order valence-corrected chi connectivity index (χ2v) is 6.23. The molecule has 1 aromatic carbocycles. The minimum Gasteiger partial charge on any atom is -0.357 e. The minimum absolute atomic E-state index is 0.0392. The van der Waals surface area contributed by atoms with Gasteiger partial charge in [0.25, 0.3) is 0 Å². The highest BCUT2D eigenvalue weighted by molar-refractivity contribution is 5.80. The summed E-state index contributed by atoms with van der Waals surface area (Å²) in [7, 11) is 0. The smallest absolute Gasteiger partial charge is 0.191 e. The van der Waals surface area contributed by atoms with E-state index in [1.54, 1.807) is 0 Å². The van der Waals surface area contributed by atoms with Gasteiger partial charge in [-0.05, 0) is 25.3 Å². The molecule has 0 unspecified atom stereocenters. The quantitative estimate of drug-likeness (QED) is 0.495. The molecule has 0 aliphatic heterocycles. The molecule has 21 heavy (non-hydrogen) atoms. The lowest BCUT2D eigenvalue weighted by atomic mass is 9.85. The van der Waals surface area contributed by atoms with Crippen molar-refractivity contribution in [2.75, 3.05) is 13.1 Å². The molecule has 1 aliphatic carbocycles. The first kappa shape index (κ1) is 15.6. The van der Waals surface area contributed by atoms with Gasteiger partial charge >= 0.3 is 0 Å². The van der Waals surface area contributed by atoms with Crippen LogP contribution in [0.3, 0.4) is 0 Å². The lowest BCUT2D eigenvalue weighted by molar-refractivity contribution is 0.534. The minimum atomic E-state index is 0.0392. The maximum Gasteiger partial charge on any atom is 0.191 e. The maximum absolute atomic E-state index is 4.79. The van der Waals surface area contributed by atoms with E-state index in [1.165, 1.54) is 5.56 Å². The van der Waals surface area contributed by atoms with E-state index in [-0.39, 0.29) is 5.41 Å². The van der Waals surface area contributed by atoms with Crippen molar-refractivity contribution in [2.45, 2.75) is 45.1 Å². The molecule has 1 aromatic rings. The summed E-state index contributed by atoms with van der Waals surface area (Å²) >= 11 is 0. The zero-order chi connectivity index (χ0) is 15.1. The molecular weight excluding hydrogens is 258 g/mol. The molecule has 0 atom stereocenters. The third-order valence-corrected chi connectivity index (χ3v) is 3.88. The number of nitrogens with one attached hydrogen (secondary N) is 2. The molecule has 0 spiro atoms. The number of hydrogen-bond donors (Lipinski definition) is 2. The predicted molar refractivity (Wildman–Crippen MR) is 90.7 cm³/mol. The van der Waals surface area contributed by atoms with E-state index < -0.39 is 0 Å². The second-order valence-electron chi connectivity index (χ2n) is 6.23. The molecule has 114 valence electrons. The Labute approximate surface area is 128 Å². The van der Waals surface area contributed by atoms with Crippen LogP contribution in [-0.2, 0) is 5.41 Å². The number of nitrogens with zero attached hydrogens (tertiary/aromatic N) is 1. The van der Waals surface area contributed by atoms with Gasteiger partial charge in [0.05, 0.1) is 6.54 Å². The van der Waals surface area contributed by atoms with Crippen LogP contribution >= 0.6 is 0 Å². The van der Waals surface area contributed by atoms with Crippen molar-refractivity contribution in [3.05, 3.63) is 48.0 Å². The third-order valence-electron chi connectivity index (χ3n) is 3.88. The van der Waals surface area contributed by atoms with Crippen LogP contribution in [0.5, 0.6) is 0 Å². The van der Waals surface area contributed by atoms with Gasteiger partial charge in [0.2, 0.25) is 0 Å². The number of guanidine groups is 1. The van der Waals surface area contributed by atoms with Crippen molar-refractivity contribution in [3.63, 3.8) is 0 Å². The number of aliphatic imine (C=N–C) groups is 1. The fourth-order valence-electron chi connectivity index (χ4n) is 2.51. The molecular formula is C18H27N3. The molecule has 3 heteroatoms. The molecule has 0 saturated heterocycles. The van der Waals surface area contributed by atoms with Crippen molar-refractivity contribution in [1.82, 2.24) is 10.6 Å². The van der Waals surface area contributed by atoms with Crippen molar-refractivity contribution in [1.29, 1.82) is 0 Å². The summed E-state index contributed by atoms with van der Waals surface area (Å²) in [5.41, 5.74) is 1.37. The third kappa shape index (κ3) is 4.62. The van der Waals surface area contributed by atoms with E-state index in [1.807, 2.05) is 0 Å². The van der Waals surface area contributed by atoms with Gasteiger partial charge in [-0.3, -0.25) is 4.99 Å². The summed E-state index contributed by atoms with van der Waals surface area (Å²) in [6.45, 7) is 8.25. The van der Waals surface area contributed by atoms with Crippen molar-refractivity contribution >= 4 is 5.96 Å². The molecule has 0 radical (unpaired) electrons. The highest BCUT2D eigenvalue weighted by Gasteiger charge is 2.20. The lowest BCUT2D eigenvalue weighted by Gasteiger charge is -2.24. The summed E-state index contributed by atoms with van der Waals surface area (Å²) in [6, 6.07) is 11.1. The van der Waals surface area contributed by atoms with Crippen LogP contribution in [0, 0.1) is 0 Å². The summed E-state index contributed by atoms with van der Waals surface area (Å²) in [5, 5.41) is 6.86. The Balaban J connectivity index is 2.00. The molecule has 1 aliphatic rings. The van der Waals surface area contributed by atoms with Gasteiger partial charge in [-0.1, -0.05) is 56.3 Å². The van der Waals surface area contributed by atoms with E-state index in [4.69, 9.17) is 4.99 Å². The van der Waals surface area contributed by atoms with Crippen LogP contribution in [0.4, 0.5) is 0 Å². The van der Waals surface area contributed by atoms with Gasteiger partial charge in [0.15, 0.2) is 5.96 Å². The Morgan fingerprint density at radius 3 is 2.48 bits per heavy atom. The topological polar surface area (TPSA) is 36.4 Å². The standard InChI is InChI=1S/C18H27N3/c1-4-19-17(21-16-12-8-9-13-16)20-14-18(2,3)15-10-6-5-7-11-15/h5-11,16H,4,12-14H2,1-3H3,(H2,19,20,21). The first-order valence-electron chi connectivity index (χ1n) is 7.87. The SMILES string of the molecule is CCNC(=NCC(C)(C)c1ccccc1)NC1CC=CC1. The summed E-state index contributed by atoms with van der Waals surface area (Å²) in [4.78, 5) is 4.79. The Morgan fingerprint density at radius 1 is 1.19 bits per heavy atom. The average molecular weight is 285 g/mol. The molecule has 3 nitrogen and oxygen atoms in total. The van der Waals surface area contributed by atoms with Crippen molar-refractivity contribution < 1.29 is 0 Å². The number of rotatable bonds is 5. The molecule has 0 saturated carbocycles. The van der Waals surface area contributed by atoms with Crippen molar-refractivity contribution in [3.8, 4) is 0 Å². The second kappa shape index (κ2) is 7.30. The fourth-order valence-corrected chi connectivity index (χ4v) is 2.51. The van der Waals surface area contributed by atoms with Crippen LogP contribution in [0.15, 0.2) is 47.5 Å². The van der Waals surface area contributed by atoms with E-state index in [9.17, 15) is 0 Å². The van der Waals surface area contributed by atoms with Crippen LogP contribution in [-0.4, -0.2) is 25.1 Å². The zero-order valence-corrected chi connectivity index (χ0v) is 13.4. The van der Waals surface area contributed by atoms with Gasteiger partial charge < -0.3 is 10.6 Å². The first-order chi connectivity index (χ1) is 10.1. The average Bonchev–Trinajstić information content (AvgIpc) is 2.99. The van der Waals surface area contributed by atoms with E-state index >= 15 is 0 Å². The Morgan fingerprint density at radius 2 is 1.86 bits per heavy atom. The normalized spacial score (nSPS) is 16.2. The van der Waals surface area contributed by atoms with E-state index in [2.05, 4.69) is 73.9 Å². The first-order valence-corrected chi connectivity index (χ1v) is 7.87. The molecule has 0 bridgehead atoms. The van der Waals surface area contributed by atoms with Crippen LogP contribution in [0.1, 0.15) is 39.2 Å². The zero-order valence-electron chi connectivity index (χ0n) is 13.4. The molecule has 0 fully saturated rings. The maximum atomic E-state index is 4.79. The van der Waals surface area contributed by atoms with Gasteiger partial charge in [-0.25, -0.2) is 0 Å². The molecule has 0 aromatic heterocycles. The molecule has 2 N–H and O–H groups in total. The molecule has 2 rings (SSSR count). The monoisotopic (exact) mass is 285 g/mol. The van der Waals surface area contributed by atoms with E-state index in [0.29, 0.717) is 6.04 Å². The highest BCUT2D eigenvalue weighted by Crippen LogP contribution is 2.23. The number of hydrogen-bond acceptors (Lipinski definition) is 1. The van der Waals surface area contributed by atoms with Crippen LogP contribution < -0.4 is 10.6 Å². The summed E-state index contributed by atoms with van der Waals surface area (Å²) < 4.78 is 0. The van der Waals surface area contributed by atoms with Gasteiger partial charge in [0.1, 0.15) is 0 Å². The van der Waals surface area contributed by atoms with Crippen molar-refractivity contribution in [2.24, 2.45) is 4.99 Å². The van der Waals surface area contributed by atoms with E-state index in [0.717, 1.165) is 31.9 Å².